The number of alkyl halides is 2. The first-order chi connectivity index (χ1) is 15.9. The number of halogens is 3. The van der Waals surface area contributed by atoms with Gasteiger partial charge in [-0.3, -0.25) is 4.79 Å². The molecule has 2 aliphatic rings. The molecule has 6 rings (SSSR count). The number of carbonyl (C=O) groups excluding carboxylic acids is 1. The number of aromatic amines is 1. The fourth-order valence-electron chi connectivity index (χ4n) is 4.22. The van der Waals surface area contributed by atoms with Crippen LogP contribution in [0.4, 0.5) is 8.78 Å². The van der Waals surface area contributed by atoms with Gasteiger partial charge in [-0.2, -0.15) is 5.10 Å². The lowest BCUT2D eigenvalue weighted by Crippen LogP contribution is -2.41. The third-order valence-corrected chi connectivity index (χ3v) is 6.39. The summed E-state index contributed by atoms with van der Waals surface area (Å²) in [5.41, 5.74) is 0.402. The van der Waals surface area contributed by atoms with E-state index in [1.807, 2.05) is 6.07 Å². The fourth-order valence-corrected chi connectivity index (χ4v) is 4.43. The second-order valence-electron chi connectivity index (χ2n) is 8.24. The fraction of sp³-hybridized carbons (Fsp3) is 0.333. The lowest BCUT2D eigenvalue weighted by Gasteiger charge is -2.33. The average Bonchev–Trinajstić information content (AvgIpc) is 3.24. The molecule has 33 heavy (non-hydrogen) atoms. The largest absolute Gasteiger partial charge is 0.432 e. The van der Waals surface area contributed by atoms with E-state index in [1.165, 1.54) is 15.7 Å². The summed E-state index contributed by atoms with van der Waals surface area (Å²) >= 11 is 6.26. The number of imidazole rings is 1. The molecule has 0 bridgehead atoms. The minimum Gasteiger partial charge on any atom is -0.432 e. The molecule has 2 N–H and O–H groups in total. The van der Waals surface area contributed by atoms with Crippen LogP contribution >= 0.6 is 11.6 Å². The van der Waals surface area contributed by atoms with Crippen molar-refractivity contribution in [2.24, 2.45) is 0 Å². The number of nitrogens with one attached hydrogen (secondary N) is 1. The summed E-state index contributed by atoms with van der Waals surface area (Å²) < 4.78 is 34.5. The molecule has 1 saturated carbocycles. The minimum absolute atomic E-state index is 0.212. The van der Waals surface area contributed by atoms with Crippen LogP contribution in [-0.2, 0) is 12.0 Å². The number of hydrogen-bond donors (Lipinski definition) is 2. The second kappa shape index (κ2) is 7.09. The van der Waals surface area contributed by atoms with E-state index in [2.05, 4.69) is 20.1 Å². The summed E-state index contributed by atoms with van der Waals surface area (Å²) in [5.74, 6) is -1.60. The normalized spacial score (nSPS) is 19.3. The predicted molar refractivity (Wildman–Crippen MR) is 110 cm³/mol. The van der Waals surface area contributed by atoms with Gasteiger partial charge in [0, 0.05) is 18.7 Å². The van der Waals surface area contributed by atoms with Gasteiger partial charge in [0.05, 0.1) is 23.2 Å². The SMILES string of the molecule is O=C(c1oc(C2(O)CC2)nc1C(F)F)N1CCc2[nH]cnc2C1c1cc2cccc(Cl)n2n1. The summed E-state index contributed by atoms with van der Waals surface area (Å²) in [6.45, 7) is 0.212. The lowest BCUT2D eigenvalue weighted by molar-refractivity contribution is 0.0624. The highest BCUT2D eigenvalue weighted by Gasteiger charge is 2.49. The zero-order valence-corrected chi connectivity index (χ0v) is 17.8. The number of carbonyl (C=O) groups is 1. The van der Waals surface area contributed by atoms with E-state index in [0.717, 1.165) is 5.69 Å². The number of hydrogen-bond acceptors (Lipinski definition) is 6. The Labute approximate surface area is 190 Å². The molecular formula is C21H17ClF2N6O3. The van der Waals surface area contributed by atoms with Crippen LogP contribution in [0.3, 0.4) is 0 Å². The molecule has 0 saturated heterocycles. The average molecular weight is 475 g/mol. The van der Waals surface area contributed by atoms with E-state index in [-0.39, 0.29) is 12.4 Å². The third kappa shape index (κ3) is 3.14. The van der Waals surface area contributed by atoms with E-state index in [4.69, 9.17) is 16.0 Å². The quantitative estimate of drug-likeness (QED) is 0.438. The number of nitrogens with zero attached hydrogens (tertiary/aromatic N) is 5. The first-order valence-corrected chi connectivity index (χ1v) is 10.7. The molecule has 1 amide bonds. The zero-order chi connectivity index (χ0) is 22.9. The molecule has 0 radical (unpaired) electrons. The van der Waals surface area contributed by atoms with Gasteiger partial charge in [-0.15, -0.1) is 0 Å². The van der Waals surface area contributed by atoms with E-state index in [9.17, 15) is 18.7 Å². The summed E-state index contributed by atoms with van der Waals surface area (Å²) in [6, 6.07) is 6.29. The van der Waals surface area contributed by atoms with Crippen molar-refractivity contribution in [1.29, 1.82) is 0 Å². The standard InChI is InChI=1S/C21H17ClF2N6O3/c22-13-3-1-2-10-8-12(28-30(10)13)16-14-11(25-9-26-14)4-7-29(16)19(31)17-15(18(23)24)27-20(33-17)21(32)5-6-21/h1-3,8-9,16,18,32H,4-7H2,(H,25,26). The van der Waals surface area contributed by atoms with Crippen molar-refractivity contribution in [3.05, 3.63) is 70.2 Å². The Balaban J connectivity index is 1.46. The van der Waals surface area contributed by atoms with E-state index in [1.54, 1.807) is 18.2 Å². The Morgan fingerprint density at radius 1 is 1.36 bits per heavy atom. The molecule has 0 spiro atoms. The van der Waals surface area contributed by atoms with Gasteiger partial charge in [0.15, 0.2) is 5.69 Å². The number of amides is 1. The van der Waals surface area contributed by atoms with Gasteiger partial charge in [-0.05, 0) is 31.0 Å². The Hall–Kier alpha value is -3.31. The number of aliphatic hydroxyl groups is 1. The number of aromatic nitrogens is 5. The van der Waals surface area contributed by atoms with Gasteiger partial charge >= 0.3 is 0 Å². The zero-order valence-electron chi connectivity index (χ0n) is 17.0. The van der Waals surface area contributed by atoms with Crippen molar-refractivity contribution < 1.29 is 23.1 Å². The molecule has 5 heterocycles. The van der Waals surface area contributed by atoms with Crippen molar-refractivity contribution in [2.75, 3.05) is 6.54 Å². The highest BCUT2D eigenvalue weighted by molar-refractivity contribution is 6.29. The van der Waals surface area contributed by atoms with Crippen LogP contribution in [-0.4, -0.2) is 47.0 Å². The first-order valence-electron chi connectivity index (χ1n) is 10.3. The highest BCUT2D eigenvalue weighted by atomic mass is 35.5. The summed E-state index contributed by atoms with van der Waals surface area (Å²) in [4.78, 5) is 26.2. The lowest BCUT2D eigenvalue weighted by atomic mass is 9.99. The number of H-pyrrole nitrogens is 1. The third-order valence-electron chi connectivity index (χ3n) is 6.10. The van der Waals surface area contributed by atoms with Crippen LogP contribution in [0.1, 0.15) is 64.5 Å². The first kappa shape index (κ1) is 20.3. The topological polar surface area (TPSA) is 113 Å². The van der Waals surface area contributed by atoms with Gasteiger partial charge in [0.2, 0.25) is 11.7 Å². The molecule has 12 heteroatoms. The monoisotopic (exact) mass is 474 g/mol. The van der Waals surface area contributed by atoms with Crippen LogP contribution in [0.2, 0.25) is 5.15 Å². The van der Waals surface area contributed by atoms with Gasteiger partial charge in [0.25, 0.3) is 12.3 Å². The number of rotatable bonds is 4. The Kier molecular flexibility index (Phi) is 4.36. The van der Waals surface area contributed by atoms with Crippen LogP contribution in [0.15, 0.2) is 35.0 Å². The molecule has 1 atom stereocenters. The Morgan fingerprint density at radius 3 is 2.91 bits per heavy atom. The number of fused-ring (bicyclic) bond motifs is 2. The Morgan fingerprint density at radius 2 is 2.18 bits per heavy atom. The van der Waals surface area contributed by atoms with Crippen LogP contribution < -0.4 is 0 Å². The molecule has 4 aromatic heterocycles. The van der Waals surface area contributed by atoms with Crippen molar-refractivity contribution in [3.63, 3.8) is 0 Å². The maximum atomic E-state index is 13.7. The highest BCUT2D eigenvalue weighted by Crippen LogP contribution is 2.46. The van der Waals surface area contributed by atoms with Gasteiger partial charge in [0.1, 0.15) is 16.8 Å². The van der Waals surface area contributed by atoms with E-state index >= 15 is 0 Å². The van der Waals surface area contributed by atoms with Crippen LogP contribution in [0.25, 0.3) is 5.52 Å². The van der Waals surface area contributed by atoms with Crippen molar-refractivity contribution in [3.8, 4) is 0 Å². The number of pyridine rings is 1. The molecule has 1 aliphatic carbocycles. The molecule has 4 aromatic rings. The van der Waals surface area contributed by atoms with Crippen LogP contribution in [0.5, 0.6) is 0 Å². The molecular weight excluding hydrogens is 458 g/mol. The number of oxazole rings is 1. The van der Waals surface area contributed by atoms with Gasteiger partial charge < -0.3 is 19.4 Å². The summed E-state index contributed by atoms with van der Waals surface area (Å²) in [5, 5.41) is 15.2. The second-order valence-corrected chi connectivity index (χ2v) is 8.62. The van der Waals surface area contributed by atoms with E-state index in [0.29, 0.717) is 41.3 Å². The van der Waals surface area contributed by atoms with Crippen molar-refractivity contribution in [1.82, 2.24) is 29.5 Å². The Bertz CT molecular complexity index is 1390. The van der Waals surface area contributed by atoms with Crippen LogP contribution in [0, 0.1) is 0 Å². The summed E-state index contributed by atoms with van der Waals surface area (Å²) in [6.07, 6.45) is -0.389. The summed E-state index contributed by atoms with van der Waals surface area (Å²) in [7, 11) is 0. The predicted octanol–water partition coefficient (Wildman–Crippen LogP) is 3.41. The molecule has 9 nitrogen and oxygen atoms in total. The maximum absolute atomic E-state index is 13.7. The van der Waals surface area contributed by atoms with E-state index < -0.39 is 35.4 Å². The molecule has 1 fully saturated rings. The van der Waals surface area contributed by atoms with Gasteiger partial charge in [-0.1, -0.05) is 17.7 Å². The minimum atomic E-state index is -3.04. The van der Waals surface area contributed by atoms with Gasteiger partial charge in [-0.25, -0.2) is 23.3 Å². The maximum Gasteiger partial charge on any atom is 0.292 e. The molecule has 0 aromatic carbocycles. The smallest absolute Gasteiger partial charge is 0.292 e. The molecule has 170 valence electrons. The van der Waals surface area contributed by atoms with Crippen molar-refractivity contribution >= 4 is 23.0 Å². The van der Waals surface area contributed by atoms with Crippen molar-refractivity contribution in [2.45, 2.75) is 37.3 Å². The molecule has 1 unspecified atom stereocenters. The molecule has 1 aliphatic heterocycles.